The Morgan fingerprint density at radius 1 is 1.42 bits per heavy atom. The van der Waals surface area contributed by atoms with Gasteiger partial charge in [0.05, 0.1) is 16.7 Å². The molecule has 1 amide bonds. The first-order chi connectivity index (χ1) is 8.90. The fourth-order valence-corrected chi connectivity index (χ4v) is 2.65. The van der Waals surface area contributed by atoms with Crippen molar-refractivity contribution in [2.75, 3.05) is 6.54 Å². The van der Waals surface area contributed by atoms with Crippen molar-refractivity contribution in [1.29, 1.82) is 0 Å². The van der Waals surface area contributed by atoms with Crippen molar-refractivity contribution in [2.45, 2.75) is 18.6 Å². The van der Waals surface area contributed by atoms with Crippen molar-refractivity contribution in [3.8, 4) is 0 Å². The monoisotopic (exact) mass is 347 g/mol. The third-order valence-electron chi connectivity index (χ3n) is 2.98. The van der Waals surface area contributed by atoms with Crippen LogP contribution in [-0.2, 0) is 4.79 Å². The smallest absolute Gasteiger partial charge is 0.326 e. The molecule has 2 atom stereocenters. The normalized spacial score (nSPS) is 22.6. The molecule has 0 aliphatic carbocycles. The summed E-state index contributed by atoms with van der Waals surface area (Å²) in [6.07, 6.45) is -0.789. The molecule has 1 aromatic carbocycles. The number of rotatable bonds is 2. The van der Waals surface area contributed by atoms with Gasteiger partial charge in [-0.15, -0.1) is 0 Å². The number of aliphatic carboxylic acids is 1. The van der Waals surface area contributed by atoms with E-state index in [-0.39, 0.29) is 23.6 Å². The van der Waals surface area contributed by atoms with E-state index in [2.05, 4.69) is 15.9 Å². The molecule has 2 rings (SSSR count). The first kappa shape index (κ1) is 14.3. The minimum Gasteiger partial charge on any atom is -0.480 e. The molecule has 0 bridgehead atoms. The number of benzene rings is 1. The summed E-state index contributed by atoms with van der Waals surface area (Å²) in [6.45, 7) is -0.00135. The average molecular weight is 349 g/mol. The highest BCUT2D eigenvalue weighted by Gasteiger charge is 2.39. The fourth-order valence-electron chi connectivity index (χ4n) is 2.09. The summed E-state index contributed by atoms with van der Waals surface area (Å²) in [5.74, 6) is -1.62. The van der Waals surface area contributed by atoms with Crippen LogP contribution >= 0.6 is 27.5 Å². The minimum absolute atomic E-state index is 0.00135. The first-order valence-corrected chi connectivity index (χ1v) is 6.74. The van der Waals surface area contributed by atoms with Crippen LogP contribution < -0.4 is 0 Å². The van der Waals surface area contributed by atoms with Gasteiger partial charge in [0.25, 0.3) is 5.91 Å². The lowest BCUT2D eigenvalue weighted by atomic mass is 10.1. The second-order valence-electron chi connectivity index (χ2n) is 4.33. The topological polar surface area (TPSA) is 77.8 Å². The lowest BCUT2D eigenvalue weighted by molar-refractivity contribution is -0.141. The number of carboxylic acid groups (broad SMARTS) is 1. The van der Waals surface area contributed by atoms with E-state index in [1.54, 1.807) is 12.1 Å². The van der Waals surface area contributed by atoms with Crippen LogP contribution in [0.2, 0.25) is 5.02 Å². The molecular weight excluding hydrogens is 337 g/mol. The lowest BCUT2D eigenvalue weighted by Gasteiger charge is -2.21. The van der Waals surface area contributed by atoms with E-state index >= 15 is 0 Å². The Balaban J connectivity index is 2.33. The molecule has 1 heterocycles. The number of carbonyl (C=O) groups excluding carboxylic acids is 1. The zero-order valence-electron chi connectivity index (χ0n) is 9.72. The van der Waals surface area contributed by atoms with Crippen LogP contribution in [0, 0.1) is 0 Å². The van der Waals surface area contributed by atoms with E-state index in [0.717, 1.165) is 4.90 Å². The molecule has 19 heavy (non-hydrogen) atoms. The van der Waals surface area contributed by atoms with Gasteiger partial charge < -0.3 is 15.1 Å². The molecule has 102 valence electrons. The molecule has 1 aliphatic rings. The standard InChI is InChI=1S/C12H11BrClNO4/c13-6-1-2-9(14)8(3-6)11(17)15-5-7(16)4-10(15)12(18)19/h1-3,7,10,16H,4-5H2,(H,18,19)/t7-,10-/m1/s1. The van der Waals surface area contributed by atoms with Gasteiger partial charge in [-0.1, -0.05) is 27.5 Å². The Morgan fingerprint density at radius 3 is 2.74 bits per heavy atom. The minimum atomic E-state index is -1.13. The van der Waals surface area contributed by atoms with Gasteiger partial charge in [0.1, 0.15) is 6.04 Å². The Morgan fingerprint density at radius 2 is 2.11 bits per heavy atom. The Kier molecular flexibility index (Phi) is 4.13. The number of β-amino-alcohol motifs (C(OH)–C–C–N with tert-alkyl or cyclic N) is 1. The summed E-state index contributed by atoms with van der Waals surface area (Å²) in [7, 11) is 0. The SMILES string of the molecule is O=C(O)[C@H]1C[C@@H](O)CN1C(=O)c1cc(Br)ccc1Cl. The number of carbonyl (C=O) groups is 2. The molecule has 1 aromatic rings. The molecule has 1 aliphatic heterocycles. The highest BCUT2D eigenvalue weighted by atomic mass is 79.9. The van der Waals surface area contributed by atoms with Crippen LogP contribution in [0.25, 0.3) is 0 Å². The summed E-state index contributed by atoms with van der Waals surface area (Å²) >= 11 is 9.19. The fraction of sp³-hybridized carbons (Fsp3) is 0.333. The van der Waals surface area contributed by atoms with Crippen molar-refractivity contribution >= 4 is 39.4 Å². The van der Waals surface area contributed by atoms with Crippen molar-refractivity contribution in [3.63, 3.8) is 0 Å². The zero-order valence-corrected chi connectivity index (χ0v) is 12.1. The van der Waals surface area contributed by atoms with Crippen LogP contribution in [0.5, 0.6) is 0 Å². The molecule has 7 heteroatoms. The van der Waals surface area contributed by atoms with E-state index in [1.807, 2.05) is 0 Å². The van der Waals surface area contributed by atoms with Gasteiger partial charge in [0, 0.05) is 17.4 Å². The van der Waals surface area contributed by atoms with Crippen molar-refractivity contribution in [3.05, 3.63) is 33.3 Å². The number of likely N-dealkylation sites (tertiary alicyclic amines) is 1. The van der Waals surface area contributed by atoms with Gasteiger partial charge in [-0.3, -0.25) is 4.79 Å². The summed E-state index contributed by atoms with van der Waals surface area (Å²) in [6, 6.07) is 3.76. The summed E-state index contributed by atoms with van der Waals surface area (Å²) in [4.78, 5) is 24.6. The lowest BCUT2D eigenvalue weighted by Crippen LogP contribution is -2.40. The quantitative estimate of drug-likeness (QED) is 0.854. The molecule has 5 nitrogen and oxygen atoms in total. The third kappa shape index (κ3) is 2.91. The van der Waals surface area contributed by atoms with Gasteiger partial charge in [0.2, 0.25) is 0 Å². The van der Waals surface area contributed by atoms with Gasteiger partial charge in [-0.2, -0.15) is 0 Å². The molecule has 1 fully saturated rings. The molecular formula is C12H11BrClNO4. The molecule has 0 spiro atoms. The summed E-state index contributed by atoms with van der Waals surface area (Å²) in [5.41, 5.74) is 0.219. The Hall–Kier alpha value is -1.11. The molecule has 0 aromatic heterocycles. The summed E-state index contributed by atoms with van der Waals surface area (Å²) < 4.78 is 0.673. The Labute approximate surface area is 122 Å². The molecule has 0 saturated carbocycles. The zero-order chi connectivity index (χ0) is 14.2. The van der Waals surface area contributed by atoms with Gasteiger partial charge in [-0.05, 0) is 18.2 Å². The van der Waals surface area contributed by atoms with E-state index in [4.69, 9.17) is 16.7 Å². The molecule has 0 unspecified atom stereocenters. The van der Waals surface area contributed by atoms with Crippen LogP contribution in [0.3, 0.4) is 0 Å². The summed E-state index contributed by atoms with van der Waals surface area (Å²) in [5, 5.41) is 18.9. The van der Waals surface area contributed by atoms with Crippen LogP contribution in [-0.4, -0.2) is 45.7 Å². The molecule has 0 radical (unpaired) electrons. The Bertz CT molecular complexity index is 536. The van der Waals surface area contributed by atoms with Gasteiger partial charge in [0.15, 0.2) is 0 Å². The maximum Gasteiger partial charge on any atom is 0.326 e. The maximum absolute atomic E-state index is 12.3. The first-order valence-electron chi connectivity index (χ1n) is 5.57. The van der Waals surface area contributed by atoms with Crippen LogP contribution in [0.15, 0.2) is 22.7 Å². The number of hydrogen-bond acceptors (Lipinski definition) is 3. The molecule has 2 N–H and O–H groups in total. The van der Waals surface area contributed by atoms with Gasteiger partial charge >= 0.3 is 5.97 Å². The van der Waals surface area contributed by atoms with Gasteiger partial charge in [-0.25, -0.2) is 4.79 Å². The van der Waals surface area contributed by atoms with Crippen molar-refractivity contribution in [1.82, 2.24) is 4.90 Å². The van der Waals surface area contributed by atoms with Crippen LogP contribution in [0.1, 0.15) is 16.8 Å². The van der Waals surface area contributed by atoms with Crippen molar-refractivity contribution in [2.24, 2.45) is 0 Å². The predicted octanol–water partition coefficient (Wildman–Crippen LogP) is 1.76. The number of hydrogen-bond donors (Lipinski definition) is 2. The number of carboxylic acids is 1. The van der Waals surface area contributed by atoms with E-state index in [9.17, 15) is 14.7 Å². The number of nitrogens with zero attached hydrogens (tertiary/aromatic N) is 1. The van der Waals surface area contributed by atoms with Crippen LogP contribution in [0.4, 0.5) is 0 Å². The average Bonchev–Trinajstić information content (AvgIpc) is 2.74. The van der Waals surface area contributed by atoms with E-state index < -0.39 is 24.0 Å². The number of aliphatic hydroxyl groups is 1. The number of amides is 1. The molecule has 1 saturated heterocycles. The third-order valence-corrected chi connectivity index (χ3v) is 3.81. The predicted molar refractivity (Wildman–Crippen MR) is 72.2 cm³/mol. The second kappa shape index (κ2) is 5.48. The maximum atomic E-state index is 12.3. The highest BCUT2D eigenvalue weighted by molar-refractivity contribution is 9.10. The van der Waals surface area contributed by atoms with E-state index in [0.29, 0.717) is 4.47 Å². The highest BCUT2D eigenvalue weighted by Crippen LogP contribution is 2.26. The number of halogens is 2. The van der Waals surface area contributed by atoms with Crippen molar-refractivity contribution < 1.29 is 19.8 Å². The van der Waals surface area contributed by atoms with E-state index in [1.165, 1.54) is 6.07 Å². The second-order valence-corrected chi connectivity index (χ2v) is 5.65. The largest absolute Gasteiger partial charge is 0.480 e. The number of aliphatic hydroxyl groups excluding tert-OH is 1.